The molecule has 1 atom stereocenters. The normalized spacial score (nSPS) is 16.3. The van der Waals surface area contributed by atoms with Crippen LogP contribution in [0.1, 0.15) is 11.3 Å². The Morgan fingerprint density at radius 2 is 2.20 bits per heavy atom. The number of nitrogens with two attached hydrogens (primary N) is 1. The molecular formula is C15H15N3OS. The Bertz CT molecular complexity index is 602. The van der Waals surface area contributed by atoms with E-state index in [9.17, 15) is 0 Å². The second kappa shape index (κ2) is 5.46. The zero-order chi connectivity index (χ0) is 13.9. The van der Waals surface area contributed by atoms with Gasteiger partial charge in [-0.1, -0.05) is 30.4 Å². The number of rotatable bonds is 4. The van der Waals surface area contributed by atoms with E-state index in [2.05, 4.69) is 16.4 Å². The van der Waals surface area contributed by atoms with Gasteiger partial charge in [0.1, 0.15) is 16.8 Å². The number of anilines is 1. The van der Waals surface area contributed by atoms with Crippen molar-refractivity contribution in [2.45, 2.75) is 12.5 Å². The highest BCUT2D eigenvalue weighted by molar-refractivity contribution is 7.80. The van der Waals surface area contributed by atoms with Crippen LogP contribution in [0.2, 0.25) is 0 Å². The predicted molar refractivity (Wildman–Crippen MR) is 83.2 cm³/mol. The molecule has 4 nitrogen and oxygen atoms in total. The number of pyridine rings is 1. The molecule has 0 aliphatic carbocycles. The summed E-state index contributed by atoms with van der Waals surface area (Å²) in [4.78, 5) is 4.50. The average Bonchev–Trinajstić information content (AvgIpc) is 2.88. The molecule has 0 saturated carbocycles. The van der Waals surface area contributed by atoms with E-state index in [0.717, 1.165) is 24.4 Å². The maximum Gasteiger partial charge on any atom is 0.123 e. The molecule has 0 fully saturated rings. The highest BCUT2D eigenvalue weighted by atomic mass is 32.1. The van der Waals surface area contributed by atoms with Crippen molar-refractivity contribution in [3.05, 3.63) is 53.9 Å². The Hall–Kier alpha value is -2.14. The van der Waals surface area contributed by atoms with Crippen LogP contribution < -0.4 is 15.8 Å². The lowest BCUT2D eigenvalue weighted by Gasteiger charge is -2.12. The molecule has 20 heavy (non-hydrogen) atoms. The lowest BCUT2D eigenvalue weighted by atomic mass is 10.1. The molecule has 1 aromatic heterocycles. The summed E-state index contributed by atoms with van der Waals surface area (Å²) in [5.41, 5.74) is 8.35. The maximum absolute atomic E-state index is 5.87. The number of hydrogen-bond acceptors (Lipinski definition) is 4. The van der Waals surface area contributed by atoms with Crippen LogP contribution in [-0.2, 0) is 6.42 Å². The summed E-state index contributed by atoms with van der Waals surface area (Å²) in [6.07, 6.45) is 2.82. The first kappa shape index (κ1) is 12.9. The van der Waals surface area contributed by atoms with Crippen molar-refractivity contribution in [1.29, 1.82) is 0 Å². The highest BCUT2D eigenvalue weighted by Crippen LogP contribution is 2.28. The third-order valence-corrected chi connectivity index (χ3v) is 3.47. The number of thiocarbonyl (C=S) groups is 1. The minimum atomic E-state index is 0.155. The van der Waals surface area contributed by atoms with E-state index in [0.29, 0.717) is 10.7 Å². The van der Waals surface area contributed by atoms with Gasteiger partial charge >= 0.3 is 0 Å². The Balaban J connectivity index is 1.57. The molecule has 1 aliphatic rings. The monoisotopic (exact) mass is 285 g/mol. The first-order valence-corrected chi connectivity index (χ1v) is 6.87. The molecule has 102 valence electrons. The van der Waals surface area contributed by atoms with Gasteiger partial charge in [0.15, 0.2) is 0 Å². The van der Waals surface area contributed by atoms with Crippen molar-refractivity contribution < 1.29 is 4.74 Å². The van der Waals surface area contributed by atoms with Gasteiger partial charge in [-0.3, -0.25) is 4.98 Å². The SMILES string of the molecule is NC(=S)c1ccc(NCC2Cc3ccccc3O2)cn1. The average molecular weight is 285 g/mol. The van der Waals surface area contributed by atoms with E-state index in [-0.39, 0.29) is 6.10 Å². The summed E-state index contributed by atoms with van der Waals surface area (Å²) >= 11 is 4.87. The van der Waals surface area contributed by atoms with Crippen LogP contribution >= 0.6 is 12.2 Å². The van der Waals surface area contributed by atoms with Crippen LogP contribution in [0, 0.1) is 0 Å². The number of para-hydroxylation sites is 1. The van der Waals surface area contributed by atoms with Crippen molar-refractivity contribution in [1.82, 2.24) is 4.98 Å². The summed E-state index contributed by atoms with van der Waals surface area (Å²) in [5.74, 6) is 0.987. The number of ether oxygens (including phenoxy) is 1. The lowest BCUT2D eigenvalue weighted by molar-refractivity contribution is 0.246. The van der Waals surface area contributed by atoms with Gasteiger partial charge in [0.05, 0.1) is 24.1 Å². The van der Waals surface area contributed by atoms with E-state index in [1.165, 1.54) is 5.56 Å². The molecule has 2 aromatic rings. The quantitative estimate of drug-likeness (QED) is 0.843. The van der Waals surface area contributed by atoms with E-state index >= 15 is 0 Å². The summed E-state index contributed by atoms with van der Waals surface area (Å²) in [6.45, 7) is 0.739. The van der Waals surface area contributed by atoms with Crippen LogP contribution in [-0.4, -0.2) is 22.6 Å². The molecule has 0 spiro atoms. The van der Waals surface area contributed by atoms with Gasteiger partial charge in [0, 0.05) is 6.42 Å². The van der Waals surface area contributed by atoms with Crippen LogP contribution in [0.3, 0.4) is 0 Å². The first-order valence-electron chi connectivity index (χ1n) is 6.46. The molecule has 2 heterocycles. The van der Waals surface area contributed by atoms with Gasteiger partial charge in [-0.05, 0) is 23.8 Å². The molecule has 3 rings (SSSR count). The van der Waals surface area contributed by atoms with Crippen molar-refractivity contribution in [3.63, 3.8) is 0 Å². The van der Waals surface area contributed by atoms with Crippen molar-refractivity contribution in [2.24, 2.45) is 5.73 Å². The molecule has 1 aromatic carbocycles. The molecular weight excluding hydrogens is 270 g/mol. The number of aromatic nitrogens is 1. The minimum Gasteiger partial charge on any atom is -0.488 e. The van der Waals surface area contributed by atoms with Gasteiger partial charge in [0.25, 0.3) is 0 Å². The molecule has 0 saturated heterocycles. The van der Waals surface area contributed by atoms with E-state index in [4.69, 9.17) is 22.7 Å². The minimum absolute atomic E-state index is 0.155. The van der Waals surface area contributed by atoms with Crippen LogP contribution in [0.4, 0.5) is 5.69 Å². The van der Waals surface area contributed by atoms with Crippen molar-refractivity contribution in [3.8, 4) is 5.75 Å². The number of benzene rings is 1. The summed E-state index contributed by atoms with van der Waals surface area (Å²) in [7, 11) is 0. The molecule has 3 N–H and O–H groups in total. The van der Waals surface area contributed by atoms with Crippen LogP contribution in [0.25, 0.3) is 0 Å². The smallest absolute Gasteiger partial charge is 0.123 e. The predicted octanol–water partition coefficient (Wildman–Crippen LogP) is 2.13. The largest absolute Gasteiger partial charge is 0.488 e. The Labute approximate surface area is 123 Å². The third kappa shape index (κ3) is 2.72. The fourth-order valence-electron chi connectivity index (χ4n) is 2.24. The second-order valence-corrected chi connectivity index (χ2v) is 5.17. The molecule has 0 radical (unpaired) electrons. The zero-order valence-electron chi connectivity index (χ0n) is 10.9. The maximum atomic E-state index is 5.87. The second-order valence-electron chi connectivity index (χ2n) is 4.73. The fourth-order valence-corrected chi connectivity index (χ4v) is 2.36. The Morgan fingerprint density at radius 3 is 2.90 bits per heavy atom. The molecule has 1 unspecified atom stereocenters. The van der Waals surface area contributed by atoms with Gasteiger partial charge < -0.3 is 15.8 Å². The standard InChI is InChI=1S/C15H15N3OS/c16-15(20)13-6-5-11(8-18-13)17-9-12-7-10-3-1-2-4-14(10)19-12/h1-6,8,12,17H,7,9H2,(H2,16,20). The third-order valence-electron chi connectivity index (χ3n) is 3.26. The molecule has 5 heteroatoms. The highest BCUT2D eigenvalue weighted by Gasteiger charge is 2.21. The van der Waals surface area contributed by atoms with Gasteiger partial charge in [-0.15, -0.1) is 0 Å². The topological polar surface area (TPSA) is 60.2 Å². The van der Waals surface area contributed by atoms with Crippen LogP contribution in [0.5, 0.6) is 5.75 Å². The van der Waals surface area contributed by atoms with Gasteiger partial charge in [0.2, 0.25) is 0 Å². The summed E-state index contributed by atoms with van der Waals surface area (Å²) < 4.78 is 5.87. The van der Waals surface area contributed by atoms with Gasteiger partial charge in [-0.25, -0.2) is 0 Å². The Kier molecular flexibility index (Phi) is 3.52. The number of hydrogen-bond donors (Lipinski definition) is 2. The summed E-state index contributed by atoms with van der Waals surface area (Å²) in [6, 6.07) is 11.9. The molecule has 1 aliphatic heterocycles. The molecule has 0 amide bonds. The summed E-state index contributed by atoms with van der Waals surface area (Å²) in [5, 5.41) is 3.32. The number of nitrogens with zero attached hydrogens (tertiary/aromatic N) is 1. The van der Waals surface area contributed by atoms with E-state index in [1.807, 2.05) is 30.3 Å². The lowest BCUT2D eigenvalue weighted by Crippen LogP contribution is -2.24. The Morgan fingerprint density at radius 1 is 1.35 bits per heavy atom. The van der Waals surface area contributed by atoms with Crippen molar-refractivity contribution >= 4 is 22.9 Å². The number of fused-ring (bicyclic) bond motifs is 1. The zero-order valence-corrected chi connectivity index (χ0v) is 11.7. The van der Waals surface area contributed by atoms with E-state index < -0.39 is 0 Å². The fraction of sp³-hybridized carbons (Fsp3) is 0.200. The molecule has 0 bridgehead atoms. The first-order chi connectivity index (χ1) is 9.72. The number of nitrogens with one attached hydrogen (secondary N) is 1. The van der Waals surface area contributed by atoms with E-state index in [1.54, 1.807) is 6.20 Å². The van der Waals surface area contributed by atoms with Crippen molar-refractivity contribution in [2.75, 3.05) is 11.9 Å². The van der Waals surface area contributed by atoms with Gasteiger partial charge in [-0.2, -0.15) is 0 Å². The van der Waals surface area contributed by atoms with Crippen LogP contribution in [0.15, 0.2) is 42.6 Å².